The standard InChI is InChI=1S/C18H23N3O2/c1-18(2)16(13-7-5-9-23-17(13)18)19-15(22)11-21-10-12-6-3-4-8-14(12)20-21/h3-4,6,8,10,13,16-17H,5,7,9,11H2,1-2H3,(H,19,22). The largest absolute Gasteiger partial charge is 0.377 e. The molecule has 2 aliphatic rings. The summed E-state index contributed by atoms with van der Waals surface area (Å²) in [7, 11) is 0. The quantitative estimate of drug-likeness (QED) is 0.946. The molecule has 0 bridgehead atoms. The number of rotatable bonds is 3. The summed E-state index contributed by atoms with van der Waals surface area (Å²) in [5, 5.41) is 8.73. The van der Waals surface area contributed by atoms with E-state index in [4.69, 9.17) is 4.74 Å². The van der Waals surface area contributed by atoms with Crippen LogP contribution in [-0.2, 0) is 16.1 Å². The van der Waals surface area contributed by atoms with E-state index in [0.717, 1.165) is 30.4 Å². The second-order valence-corrected chi connectivity index (χ2v) is 7.35. The van der Waals surface area contributed by atoms with Crippen molar-refractivity contribution < 1.29 is 9.53 Å². The molecule has 5 heteroatoms. The van der Waals surface area contributed by atoms with E-state index in [1.807, 2.05) is 30.5 Å². The van der Waals surface area contributed by atoms with Crippen LogP contribution in [0.5, 0.6) is 0 Å². The van der Waals surface area contributed by atoms with Gasteiger partial charge < -0.3 is 10.1 Å². The molecule has 23 heavy (non-hydrogen) atoms. The lowest BCUT2D eigenvalue weighted by Crippen LogP contribution is -2.70. The van der Waals surface area contributed by atoms with Gasteiger partial charge in [-0.1, -0.05) is 32.0 Å². The Hall–Kier alpha value is -1.88. The minimum Gasteiger partial charge on any atom is -0.377 e. The zero-order valence-electron chi connectivity index (χ0n) is 13.7. The van der Waals surface area contributed by atoms with Crippen molar-refractivity contribution in [2.45, 2.75) is 45.4 Å². The Morgan fingerprint density at radius 1 is 1.43 bits per heavy atom. The van der Waals surface area contributed by atoms with Crippen LogP contribution in [0.25, 0.3) is 10.9 Å². The average molecular weight is 313 g/mol. The summed E-state index contributed by atoms with van der Waals surface area (Å²) in [5.41, 5.74) is 0.931. The Kier molecular flexibility index (Phi) is 3.41. The third-order valence-electron chi connectivity index (χ3n) is 5.41. The highest BCUT2D eigenvalue weighted by Crippen LogP contribution is 2.51. The first-order chi connectivity index (χ1) is 11.1. The van der Waals surface area contributed by atoms with E-state index >= 15 is 0 Å². The molecule has 0 spiro atoms. The molecule has 1 aromatic carbocycles. The molecule has 1 aliphatic heterocycles. The molecule has 1 saturated heterocycles. The second kappa shape index (κ2) is 5.34. The fraction of sp³-hybridized carbons (Fsp3) is 0.556. The van der Waals surface area contributed by atoms with Crippen LogP contribution in [0.2, 0.25) is 0 Å². The number of carbonyl (C=O) groups is 1. The van der Waals surface area contributed by atoms with Gasteiger partial charge in [0.25, 0.3) is 0 Å². The molecule has 3 unspecified atom stereocenters. The van der Waals surface area contributed by atoms with Crippen LogP contribution >= 0.6 is 0 Å². The van der Waals surface area contributed by atoms with Crippen molar-refractivity contribution in [1.29, 1.82) is 0 Å². The highest BCUT2D eigenvalue weighted by Gasteiger charge is 2.58. The predicted octanol–water partition coefficient (Wildman–Crippen LogP) is 2.36. The summed E-state index contributed by atoms with van der Waals surface area (Å²) in [6.45, 7) is 5.49. The summed E-state index contributed by atoms with van der Waals surface area (Å²) in [4.78, 5) is 12.4. The molecule has 1 amide bonds. The second-order valence-electron chi connectivity index (χ2n) is 7.35. The maximum atomic E-state index is 12.4. The Bertz CT molecular complexity index is 704. The first-order valence-electron chi connectivity index (χ1n) is 8.39. The van der Waals surface area contributed by atoms with Gasteiger partial charge >= 0.3 is 0 Å². The van der Waals surface area contributed by atoms with Gasteiger partial charge in [0.1, 0.15) is 6.54 Å². The number of fused-ring (bicyclic) bond motifs is 2. The van der Waals surface area contributed by atoms with Gasteiger partial charge in [0.2, 0.25) is 5.91 Å². The number of carbonyl (C=O) groups excluding carboxylic acids is 1. The Morgan fingerprint density at radius 3 is 3.09 bits per heavy atom. The molecule has 2 fully saturated rings. The van der Waals surface area contributed by atoms with Crippen molar-refractivity contribution >= 4 is 16.8 Å². The van der Waals surface area contributed by atoms with Crippen molar-refractivity contribution in [3.05, 3.63) is 30.5 Å². The summed E-state index contributed by atoms with van der Waals surface area (Å²) in [6.07, 6.45) is 4.44. The van der Waals surface area contributed by atoms with Crippen LogP contribution in [0.4, 0.5) is 0 Å². The number of nitrogens with zero attached hydrogens (tertiary/aromatic N) is 2. The van der Waals surface area contributed by atoms with Crippen LogP contribution in [0.3, 0.4) is 0 Å². The summed E-state index contributed by atoms with van der Waals surface area (Å²) < 4.78 is 7.62. The Balaban J connectivity index is 1.43. The Morgan fingerprint density at radius 2 is 2.26 bits per heavy atom. The third-order valence-corrected chi connectivity index (χ3v) is 5.41. The van der Waals surface area contributed by atoms with Gasteiger partial charge in [-0.2, -0.15) is 5.10 Å². The van der Waals surface area contributed by atoms with E-state index in [-0.39, 0.29) is 30.0 Å². The molecule has 1 saturated carbocycles. The molecular formula is C18H23N3O2. The summed E-state index contributed by atoms with van der Waals surface area (Å²) in [5.74, 6) is 0.485. The molecule has 4 rings (SSSR count). The van der Waals surface area contributed by atoms with Crippen LogP contribution in [-0.4, -0.2) is 34.4 Å². The fourth-order valence-corrected chi connectivity index (χ4v) is 4.28. The zero-order valence-corrected chi connectivity index (χ0v) is 13.7. The first-order valence-corrected chi connectivity index (χ1v) is 8.39. The Labute approximate surface area is 136 Å². The van der Waals surface area contributed by atoms with Gasteiger partial charge in [-0.25, -0.2) is 0 Å². The van der Waals surface area contributed by atoms with Crippen molar-refractivity contribution in [1.82, 2.24) is 15.1 Å². The number of nitrogens with one attached hydrogen (secondary N) is 1. The number of hydrogen-bond donors (Lipinski definition) is 1. The van der Waals surface area contributed by atoms with Gasteiger partial charge in [-0.3, -0.25) is 9.48 Å². The van der Waals surface area contributed by atoms with Crippen LogP contribution in [0.15, 0.2) is 30.5 Å². The molecule has 1 aliphatic carbocycles. The highest BCUT2D eigenvalue weighted by molar-refractivity contribution is 5.80. The highest BCUT2D eigenvalue weighted by atomic mass is 16.5. The van der Waals surface area contributed by atoms with Crippen molar-refractivity contribution in [3.63, 3.8) is 0 Å². The zero-order chi connectivity index (χ0) is 16.0. The van der Waals surface area contributed by atoms with Gasteiger partial charge in [-0.15, -0.1) is 0 Å². The molecule has 0 radical (unpaired) electrons. The predicted molar refractivity (Wildman–Crippen MR) is 87.9 cm³/mol. The lowest BCUT2D eigenvalue weighted by atomic mass is 9.55. The third kappa shape index (κ3) is 2.43. The lowest BCUT2D eigenvalue weighted by molar-refractivity contribution is -0.194. The minimum atomic E-state index is 0.00950. The van der Waals surface area contributed by atoms with Crippen molar-refractivity contribution in [3.8, 4) is 0 Å². The molecule has 2 heterocycles. The SMILES string of the molecule is CC1(C)C(NC(=O)Cn2cc3ccccc3n2)C2CCCOC21. The number of benzene rings is 1. The maximum Gasteiger partial charge on any atom is 0.241 e. The fourth-order valence-electron chi connectivity index (χ4n) is 4.28. The minimum absolute atomic E-state index is 0.00950. The molecule has 3 atom stereocenters. The molecular weight excluding hydrogens is 290 g/mol. The van der Waals surface area contributed by atoms with E-state index in [1.165, 1.54) is 0 Å². The van der Waals surface area contributed by atoms with E-state index in [9.17, 15) is 4.79 Å². The van der Waals surface area contributed by atoms with Crippen molar-refractivity contribution in [2.24, 2.45) is 11.3 Å². The van der Waals surface area contributed by atoms with Gasteiger partial charge in [-0.05, 0) is 18.9 Å². The van der Waals surface area contributed by atoms with E-state index in [0.29, 0.717) is 5.92 Å². The van der Waals surface area contributed by atoms with Crippen LogP contribution < -0.4 is 5.32 Å². The van der Waals surface area contributed by atoms with Crippen LogP contribution in [0.1, 0.15) is 26.7 Å². The van der Waals surface area contributed by atoms with Gasteiger partial charge in [0, 0.05) is 35.6 Å². The van der Waals surface area contributed by atoms with Gasteiger partial charge in [0.15, 0.2) is 0 Å². The number of hydrogen-bond acceptors (Lipinski definition) is 3. The van der Waals surface area contributed by atoms with E-state index < -0.39 is 0 Å². The monoisotopic (exact) mass is 313 g/mol. The molecule has 122 valence electrons. The topological polar surface area (TPSA) is 56.2 Å². The van der Waals surface area contributed by atoms with Gasteiger partial charge in [0.05, 0.1) is 11.6 Å². The smallest absolute Gasteiger partial charge is 0.241 e. The molecule has 5 nitrogen and oxygen atoms in total. The summed E-state index contributed by atoms with van der Waals surface area (Å²) in [6, 6.07) is 8.11. The lowest BCUT2D eigenvalue weighted by Gasteiger charge is -2.59. The normalized spacial score (nSPS) is 28.9. The number of amides is 1. The number of ether oxygens (including phenoxy) is 1. The van der Waals surface area contributed by atoms with E-state index in [2.05, 4.69) is 24.3 Å². The first kappa shape index (κ1) is 14.7. The maximum absolute atomic E-state index is 12.4. The average Bonchev–Trinajstić information content (AvgIpc) is 2.95. The molecule has 2 aromatic rings. The van der Waals surface area contributed by atoms with Crippen LogP contribution in [0, 0.1) is 11.3 Å². The molecule has 1 aromatic heterocycles. The summed E-state index contributed by atoms with van der Waals surface area (Å²) >= 11 is 0. The molecule has 1 N–H and O–H groups in total. The van der Waals surface area contributed by atoms with Crippen molar-refractivity contribution in [2.75, 3.05) is 6.61 Å². The number of aromatic nitrogens is 2. The van der Waals surface area contributed by atoms with E-state index in [1.54, 1.807) is 4.68 Å².